The minimum absolute atomic E-state index is 0.209. The van der Waals surface area contributed by atoms with E-state index >= 15 is 0 Å². The number of carbonyl (C=O) groups is 2. The van der Waals surface area contributed by atoms with Crippen molar-refractivity contribution in [3.05, 3.63) is 36.5 Å². The lowest BCUT2D eigenvalue weighted by atomic mass is 9.81. The lowest BCUT2D eigenvalue weighted by Gasteiger charge is -2.40. The summed E-state index contributed by atoms with van der Waals surface area (Å²) in [7, 11) is 0. The number of hydrogen-bond acceptors (Lipinski definition) is 10. The normalized spacial score (nSPS) is 45.3. The SMILES string of the molecule is C=C1C(=O)O[C@@H]2[C@H]3C(=C)[C@@H](O[C@@H]4O[C@H](CO)[C@@H](O)[C@@H](O)[C@@H]4O)C[C@H]3C(=C)C[C@@H](OC(C)=O)[C@@H]12. The first-order chi connectivity index (χ1) is 15.5. The summed E-state index contributed by atoms with van der Waals surface area (Å²) in [5.74, 6) is -2.19. The van der Waals surface area contributed by atoms with Crippen LogP contribution in [0.1, 0.15) is 19.8 Å². The first-order valence-electron chi connectivity index (χ1n) is 10.9. The molecule has 33 heavy (non-hydrogen) atoms. The van der Waals surface area contributed by atoms with Gasteiger partial charge in [-0.15, -0.1) is 0 Å². The fourth-order valence-electron chi connectivity index (χ4n) is 5.55. The number of aliphatic hydroxyl groups excluding tert-OH is 4. The molecule has 0 spiro atoms. The smallest absolute Gasteiger partial charge is 0.334 e. The van der Waals surface area contributed by atoms with Crippen molar-refractivity contribution in [1.29, 1.82) is 0 Å². The van der Waals surface area contributed by atoms with Crippen molar-refractivity contribution in [3.63, 3.8) is 0 Å². The Balaban J connectivity index is 1.58. The summed E-state index contributed by atoms with van der Waals surface area (Å²) < 4.78 is 22.6. The van der Waals surface area contributed by atoms with Crippen molar-refractivity contribution in [1.82, 2.24) is 0 Å². The first kappa shape index (κ1) is 24.1. The minimum Gasteiger partial charge on any atom is -0.461 e. The Morgan fingerprint density at radius 2 is 1.82 bits per heavy atom. The molecule has 4 aliphatic rings. The molecule has 2 saturated carbocycles. The number of hydrogen-bond donors (Lipinski definition) is 4. The average molecular weight is 466 g/mol. The molecule has 10 nitrogen and oxygen atoms in total. The Morgan fingerprint density at radius 3 is 2.45 bits per heavy atom. The molecule has 4 rings (SSSR count). The van der Waals surface area contributed by atoms with Crippen LogP contribution in [0.4, 0.5) is 0 Å². The molecule has 0 aromatic rings. The van der Waals surface area contributed by atoms with E-state index in [1.165, 1.54) is 6.92 Å². The highest BCUT2D eigenvalue weighted by atomic mass is 16.7. The van der Waals surface area contributed by atoms with Gasteiger partial charge >= 0.3 is 11.9 Å². The van der Waals surface area contributed by atoms with Gasteiger partial charge in [0, 0.05) is 24.8 Å². The van der Waals surface area contributed by atoms with E-state index in [-0.39, 0.29) is 17.4 Å². The molecule has 0 bridgehead atoms. The number of esters is 2. The zero-order chi connectivity index (χ0) is 24.2. The summed E-state index contributed by atoms with van der Waals surface area (Å²) in [5, 5.41) is 39.8. The highest BCUT2D eigenvalue weighted by molar-refractivity contribution is 5.91. The van der Waals surface area contributed by atoms with Crippen LogP contribution in [0, 0.1) is 17.8 Å². The second-order valence-electron chi connectivity index (χ2n) is 9.20. The third-order valence-electron chi connectivity index (χ3n) is 7.21. The van der Waals surface area contributed by atoms with Crippen LogP contribution < -0.4 is 0 Å². The van der Waals surface area contributed by atoms with Gasteiger partial charge in [0.05, 0.1) is 18.6 Å². The van der Waals surface area contributed by atoms with Crippen molar-refractivity contribution >= 4 is 11.9 Å². The quantitative estimate of drug-likeness (QED) is 0.239. The molecule has 2 saturated heterocycles. The maximum Gasteiger partial charge on any atom is 0.334 e. The van der Waals surface area contributed by atoms with Crippen LogP contribution in [-0.2, 0) is 28.5 Å². The summed E-state index contributed by atoms with van der Waals surface area (Å²) in [6, 6.07) is 0. The Hall–Kier alpha value is -2.08. The standard InChI is InChI=1S/C23H30O10/c1-8-5-14(30-11(4)25)17-10(3)22(29)33-21(17)16-9(2)13(6-12(8)16)31-23-20(28)19(27)18(26)15(7-24)32-23/h12-21,23-24,26-28H,1-3,5-7H2,4H3/t12-,13-,14+,15+,16-,17+,18+,19+,20-,21+,23+/m0/s1. The van der Waals surface area contributed by atoms with Gasteiger partial charge in [-0.05, 0) is 17.9 Å². The van der Waals surface area contributed by atoms with E-state index in [9.17, 15) is 30.0 Å². The molecular weight excluding hydrogens is 436 g/mol. The van der Waals surface area contributed by atoms with Crippen LogP contribution in [0.5, 0.6) is 0 Å². The molecule has 10 heteroatoms. The molecule has 2 aliphatic heterocycles. The number of fused-ring (bicyclic) bond motifs is 3. The van der Waals surface area contributed by atoms with Gasteiger partial charge < -0.3 is 39.4 Å². The molecule has 0 aromatic heterocycles. The molecule has 11 atom stereocenters. The zero-order valence-corrected chi connectivity index (χ0v) is 18.3. The molecule has 2 aliphatic carbocycles. The second-order valence-corrected chi connectivity index (χ2v) is 9.20. The molecule has 0 radical (unpaired) electrons. The Bertz CT molecular complexity index is 865. The van der Waals surface area contributed by atoms with E-state index in [1.54, 1.807) is 0 Å². The Labute approximate surface area is 191 Å². The lowest BCUT2D eigenvalue weighted by molar-refractivity contribution is -0.308. The predicted molar refractivity (Wildman–Crippen MR) is 111 cm³/mol. The summed E-state index contributed by atoms with van der Waals surface area (Å²) >= 11 is 0. The van der Waals surface area contributed by atoms with Crippen molar-refractivity contribution < 1.29 is 49.0 Å². The van der Waals surface area contributed by atoms with Crippen LogP contribution in [0.3, 0.4) is 0 Å². The molecule has 0 unspecified atom stereocenters. The Kier molecular flexibility index (Phi) is 6.51. The molecule has 0 amide bonds. The van der Waals surface area contributed by atoms with Gasteiger partial charge in [0.15, 0.2) is 6.29 Å². The highest BCUT2D eigenvalue weighted by Gasteiger charge is 2.57. The van der Waals surface area contributed by atoms with Crippen LogP contribution in [-0.4, -0.2) is 88.0 Å². The van der Waals surface area contributed by atoms with Gasteiger partial charge in [0.2, 0.25) is 0 Å². The van der Waals surface area contributed by atoms with Crippen molar-refractivity contribution in [2.45, 2.75) is 68.8 Å². The second kappa shape index (κ2) is 8.94. The van der Waals surface area contributed by atoms with Gasteiger partial charge in [-0.25, -0.2) is 4.79 Å². The number of ether oxygens (including phenoxy) is 4. The van der Waals surface area contributed by atoms with E-state index in [1.807, 2.05) is 0 Å². The van der Waals surface area contributed by atoms with E-state index in [0.717, 1.165) is 5.57 Å². The lowest BCUT2D eigenvalue weighted by Crippen LogP contribution is -2.59. The van der Waals surface area contributed by atoms with E-state index in [2.05, 4.69) is 19.7 Å². The monoisotopic (exact) mass is 466 g/mol. The van der Waals surface area contributed by atoms with Gasteiger partial charge in [-0.3, -0.25) is 4.79 Å². The summed E-state index contributed by atoms with van der Waals surface area (Å²) in [6.45, 7) is 12.9. The molecule has 2 heterocycles. The van der Waals surface area contributed by atoms with Crippen LogP contribution in [0.15, 0.2) is 36.5 Å². The van der Waals surface area contributed by atoms with Crippen LogP contribution >= 0.6 is 0 Å². The van der Waals surface area contributed by atoms with E-state index in [4.69, 9.17) is 18.9 Å². The number of rotatable bonds is 4. The van der Waals surface area contributed by atoms with Gasteiger partial charge in [0.25, 0.3) is 0 Å². The van der Waals surface area contributed by atoms with Crippen molar-refractivity contribution in [2.24, 2.45) is 17.8 Å². The average Bonchev–Trinajstić information content (AvgIpc) is 3.19. The van der Waals surface area contributed by atoms with Gasteiger partial charge in [-0.1, -0.05) is 25.3 Å². The van der Waals surface area contributed by atoms with Crippen LogP contribution in [0.2, 0.25) is 0 Å². The fourth-order valence-corrected chi connectivity index (χ4v) is 5.55. The third kappa shape index (κ3) is 4.05. The van der Waals surface area contributed by atoms with E-state index < -0.39 is 73.5 Å². The van der Waals surface area contributed by atoms with Crippen molar-refractivity contribution in [2.75, 3.05) is 6.61 Å². The largest absolute Gasteiger partial charge is 0.461 e. The maximum atomic E-state index is 12.4. The van der Waals surface area contributed by atoms with Crippen molar-refractivity contribution in [3.8, 4) is 0 Å². The Morgan fingerprint density at radius 1 is 1.12 bits per heavy atom. The predicted octanol–water partition coefficient (Wildman–Crippen LogP) is -0.647. The molecule has 182 valence electrons. The molecule has 0 aromatic carbocycles. The van der Waals surface area contributed by atoms with Gasteiger partial charge in [-0.2, -0.15) is 0 Å². The number of carbonyl (C=O) groups excluding carboxylic acids is 2. The summed E-state index contributed by atoms with van der Waals surface area (Å²) in [6.07, 6.45) is -8.27. The fraction of sp³-hybridized carbons (Fsp3) is 0.652. The minimum atomic E-state index is -1.57. The van der Waals surface area contributed by atoms with E-state index in [0.29, 0.717) is 18.4 Å². The molecular formula is C23H30O10. The van der Waals surface area contributed by atoms with Crippen LogP contribution in [0.25, 0.3) is 0 Å². The summed E-state index contributed by atoms with van der Waals surface area (Å²) in [5.41, 5.74) is 1.59. The molecule has 4 N–H and O–H groups in total. The maximum absolute atomic E-state index is 12.4. The zero-order valence-electron chi connectivity index (χ0n) is 18.3. The first-order valence-corrected chi connectivity index (χ1v) is 10.9. The number of aliphatic hydroxyl groups is 4. The summed E-state index contributed by atoms with van der Waals surface area (Å²) in [4.78, 5) is 24.0. The topological polar surface area (TPSA) is 152 Å². The highest BCUT2D eigenvalue weighted by Crippen LogP contribution is 2.53. The third-order valence-corrected chi connectivity index (χ3v) is 7.21. The molecule has 4 fully saturated rings. The van der Waals surface area contributed by atoms with Gasteiger partial charge in [0.1, 0.15) is 36.6 Å².